The minimum absolute atomic E-state index is 0.0132. The third kappa shape index (κ3) is 6.71. The maximum absolute atomic E-state index is 13.0. The lowest BCUT2D eigenvalue weighted by Crippen LogP contribution is -2.24. The van der Waals surface area contributed by atoms with Crippen molar-refractivity contribution in [2.24, 2.45) is 10.7 Å². The highest BCUT2D eigenvalue weighted by atomic mass is 35.5. The van der Waals surface area contributed by atoms with E-state index >= 15 is 0 Å². The van der Waals surface area contributed by atoms with Gasteiger partial charge in [0.1, 0.15) is 23.9 Å². The van der Waals surface area contributed by atoms with E-state index in [0.717, 1.165) is 6.26 Å². The number of carbonyl (C=O) groups excluding carboxylic acids is 1. The van der Waals surface area contributed by atoms with Crippen LogP contribution in [0.1, 0.15) is 5.89 Å². The summed E-state index contributed by atoms with van der Waals surface area (Å²) in [6.45, 7) is -0.696. The first-order chi connectivity index (χ1) is 14.8. The molecule has 0 aliphatic carbocycles. The van der Waals surface area contributed by atoms with Crippen LogP contribution in [0.4, 0.5) is 13.2 Å². The molecule has 0 saturated carbocycles. The Labute approximate surface area is 189 Å². The van der Waals surface area contributed by atoms with Crippen molar-refractivity contribution in [3.63, 3.8) is 0 Å². The summed E-state index contributed by atoms with van der Waals surface area (Å²) in [7, 11) is -3.55. The minimum Gasteiger partial charge on any atom is -0.453 e. The van der Waals surface area contributed by atoms with Gasteiger partial charge >= 0.3 is 12.1 Å². The maximum atomic E-state index is 13.0. The van der Waals surface area contributed by atoms with Gasteiger partial charge in [0, 0.05) is 11.8 Å². The summed E-state index contributed by atoms with van der Waals surface area (Å²) in [4.78, 5) is 15.4. The van der Waals surface area contributed by atoms with Gasteiger partial charge in [-0.25, -0.2) is 8.42 Å². The largest absolute Gasteiger partial charge is 0.453 e. The van der Waals surface area contributed by atoms with Crippen molar-refractivity contribution in [3.8, 4) is 11.5 Å². The molecule has 0 unspecified atom stereocenters. The molecule has 2 N–H and O–H groups in total. The molecule has 2 aromatic rings. The van der Waals surface area contributed by atoms with E-state index in [4.69, 9.17) is 26.5 Å². The van der Waals surface area contributed by atoms with Gasteiger partial charge in [-0.15, -0.1) is 22.0 Å². The van der Waals surface area contributed by atoms with E-state index in [9.17, 15) is 26.4 Å². The van der Waals surface area contributed by atoms with Crippen LogP contribution in [0.25, 0.3) is 11.5 Å². The van der Waals surface area contributed by atoms with Crippen molar-refractivity contribution in [2.45, 2.75) is 11.1 Å². The number of carbonyl (C=O) groups is 1. The molecule has 0 spiro atoms. The second-order valence-corrected chi connectivity index (χ2v) is 9.23. The van der Waals surface area contributed by atoms with Crippen LogP contribution in [0.5, 0.6) is 0 Å². The molecule has 0 saturated heterocycles. The van der Waals surface area contributed by atoms with Gasteiger partial charge in [-0.3, -0.25) is 9.79 Å². The molecule has 0 fully saturated rings. The number of rotatable bonds is 8. The van der Waals surface area contributed by atoms with Crippen LogP contribution in [0.15, 0.2) is 49.3 Å². The second-order valence-electron chi connectivity index (χ2n) is 6.03. The van der Waals surface area contributed by atoms with Crippen LogP contribution in [0.2, 0.25) is 0 Å². The molecule has 1 aromatic heterocycles. The van der Waals surface area contributed by atoms with Crippen LogP contribution >= 0.6 is 23.4 Å². The Bertz CT molecular complexity index is 1160. The average molecular weight is 513 g/mol. The molecule has 9 nitrogen and oxygen atoms in total. The number of aromatic nitrogens is 2. The number of hydrogen-bond donors (Lipinski definition) is 1. The molecule has 32 heavy (non-hydrogen) atoms. The molecule has 0 atom stereocenters. The molecule has 0 amide bonds. The summed E-state index contributed by atoms with van der Waals surface area (Å²) >= 11 is 6.98. The molecule has 0 bridgehead atoms. The van der Waals surface area contributed by atoms with Crippen LogP contribution in [-0.2, 0) is 19.4 Å². The van der Waals surface area contributed by atoms with Crippen molar-refractivity contribution >= 4 is 44.9 Å². The quantitative estimate of drug-likeness (QED) is 0.321. The van der Waals surface area contributed by atoms with Crippen LogP contribution in [0, 0.1) is 0 Å². The predicted molar refractivity (Wildman–Crippen MR) is 112 cm³/mol. The lowest BCUT2D eigenvalue weighted by atomic mass is 10.2. The Morgan fingerprint density at radius 1 is 1.34 bits per heavy atom. The van der Waals surface area contributed by atoms with Gasteiger partial charge < -0.3 is 14.9 Å². The van der Waals surface area contributed by atoms with Crippen molar-refractivity contribution in [3.05, 3.63) is 40.9 Å². The van der Waals surface area contributed by atoms with E-state index < -0.39 is 50.9 Å². The van der Waals surface area contributed by atoms with Crippen molar-refractivity contribution in [1.29, 1.82) is 0 Å². The Morgan fingerprint density at radius 2 is 2.03 bits per heavy atom. The number of hydrogen-bond acceptors (Lipinski definition) is 10. The number of halogens is 4. The van der Waals surface area contributed by atoms with Gasteiger partial charge in [0.15, 0.2) is 9.84 Å². The molecule has 174 valence electrons. The monoisotopic (exact) mass is 512 g/mol. The van der Waals surface area contributed by atoms with Crippen LogP contribution < -0.4 is 5.73 Å². The highest BCUT2D eigenvalue weighted by Gasteiger charge is 2.36. The Kier molecular flexibility index (Phi) is 8.31. The van der Waals surface area contributed by atoms with E-state index in [-0.39, 0.29) is 22.3 Å². The van der Waals surface area contributed by atoms with E-state index in [1.165, 1.54) is 36.0 Å². The number of benzene rings is 1. The number of alkyl halides is 3. The zero-order valence-electron chi connectivity index (χ0n) is 16.5. The lowest BCUT2D eigenvalue weighted by Gasteiger charge is -2.10. The normalized spacial score (nSPS) is 13.6. The molecule has 1 heterocycles. The van der Waals surface area contributed by atoms with Crippen LogP contribution in [0.3, 0.4) is 0 Å². The smallest absolute Gasteiger partial charge is 0.432 e. The zero-order chi connectivity index (χ0) is 24.1. The first-order valence-electron chi connectivity index (χ1n) is 8.40. The molecule has 0 aliphatic rings. The number of nitrogens with zero attached hydrogens (tertiary/aromatic N) is 3. The second kappa shape index (κ2) is 10.4. The first-order valence-corrected chi connectivity index (χ1v) is 12.1. The van der Waals surface area contributed by atoms with Gasteiger partial charge in [-0.05, 0) is 24.5 Å². The predicted octanol–water partition coefficient (Wildman–Crippen LogP) is 2.76. The van der Waals surface area contributed by atoms with Gasteiger partial charge in [0.25, 0.3) is 5.89 Å². The molecule has 0 aliphatic heterocycles. The SMILES string of the molecule is CSCOC(=O)CN=C(C(Cl)=C(N)C(F)(F)F)c1nnc(-c2cccc(S(C)(=O)=O)c2)o1. The molecule has 0 radical (unpaired) electrons. The van der Waals surface area contributed by atoms with Crippen molar-refractivity contribution < 1.29 is 35.5 Å². The maximum Gasteiger partial charge on any atom is 0.432 e. The first kappa shape index (κ1) is 25.7. The zero-order valence-corrected chi connectivity index (χ0v) is 18.9. The van der Waals surface area contributed by atoms with Gasteiger partial charge in [0.2, 0.25) is 5.89 Å². The number of aliphatic imine (C=N–C) groups is 1. The summed E-state index contributed by atoms with van der Waals surface area (Å²) in [5.74, 6) is -1.62. The number of sulfone groups is 1. The van der Waals surface area contributed by atoms with Gasteiger partial charge in [-0.2, -0.15) is 13.2 Å². The number of nitrogens with two attached hydrogens (primary N) is 1. The van der Waals surface area contributed by atoms with Crippen LogP contribution in [-0.4, -0.2) is 61.5 Å². The minimum atomic E-state index is -5.00. The lowest BCUT2D eigenvalue weighted by molar-refractivity contribution is -0.139. The summed E-state index contributed by atoms with van der Waals surface area (Å²) in [5.41, 5.74) is 2.88. The highest BCUT2D eigenvalue weighted by molar-refractivity contribution is 7.98. The number of allylic oxidation sites excluding steroid dienone is 2. The van der Waals surface area contributed by atoms with Crippen molar-refractivity contribution in [2.75, 3.05) is 25.0 Å². The highest BCUT2D eigenvalue weighted by Crippen LogP contribution is 2.29. The Balaban J connectivity index is 2.50. The van der Waals surface area contributed by atoms with Crippen molar-refractivity contribution in [1.82, 2.24) is 10.2 Å². The number of thioether (sulfide) groups is 1. The van der Waals surface area contributed by atoms with E-state index in [2.05, 4.69) is 15.2 Å². The third-order valence-electron chi connectivity index (χ3n) is 3.59. The summed E-state index contributed by atoms with van der Waals surface area (Å²) in [6.07, 6.45) is -2.33. The van der Waals surface area contributed by atoms with Gasteiger partial charge in [0.05, 0.1) is 9.93 Å². The Hall–Kier alpha value is -2.58. The fourth-order valence-corrected chi connectivity index (χ4v) is 3.26. The molecule has 2 rings (SSSR count). The Morgan fingerprint density at radius 3 is 2.62 bits per heavy atom. The number of esters is 1. The average Bonchev–Trinajstić information content (AvgIpc) is 3.20. The van der Waals surface area contributed by atoms with E-state index in [1.54, 1.807) is 6.26 Å². The fourth-order valence-electron chi connectivity index (χ4n) is 2.09. The molecule has 1 aromatic carbocycles. The number of ether oxygens (including phenoxy) is 1. The topological polar surface area (TPSA) is 138 Å². The summed E-state index contributed by atoms with van der Waals surface area (Å²) in [6, 6.07) is 5.45. The van der Waals surface area contributed by atoms with E-state index in [0.29, 0.717) is 0 Å². The summed E-state index contributed by atoms with van der Waals surface area (Å²) in [5, 5.41) is 6.25. The standard InChI is InChI=1S/C17H16ClF3N4O5S2/c1-31-8-29-11(26)7-23-13(12(18)14(22)17(19,20)21)16-25-24-15(30-16)9-4-3-5-10(6-9)32(2,27)28/h3-6H,7-8,22H2,1-2H3. The van der Waals surface area contributed by atoms with Gasteiger partial charge in [-0.1, -0.05) is 17.7 Å². The summed E-state index contributed by atoms with van der Waals surface area (Å²) < 4.78 is 72.7. The molecular weight excluding hydrogens is 497 g/mol. The third-order valence-corrected chi connectivity index (χ3v) is 5.44. The molecule has 15 heteroatoms. The fraction of sp³-hybridized carbons (Fsp3) is 0.294. The molecular formula is C17H16ClF3N4O5S2. The van der Waals surface area contributed by atoms with E-state index in [1.807, 2.05) is 0 Å².